The molecule has 0 spiro atoms. The summed E-state index contributed by atoms with van der Waals surface area (Å²) >= 11 is 0. The van der Waals surface area contributed by atoms with Gasteiger partial charge >= 0.3 is 5.97 Å². The fourth-order valence-electron chi connectivity index (χ4n) is 8.42. The van der Waals surface area contributed by atoms with Crippen LogP contribution in [0.2, 0.25) is 0 Å². The second-order valence-corrected chi connectivity index (χ2v) is 13.6. The Labute approximate surface area is 261 Å². The summed E-state index contributed by atoms with van der Waals surface area (Å²) in [5.41, 5.74) is 7.68. The molecule has 7 heteroatoms. The first-order valence-corrected chi connectivity index (χ1v) is 16.4. The quantitative estimate of drug-likeness (QED) is 0.300. The zero-order chi connectivity index (χ0) is 30.4. The summed E-state index contributed by atoms with van der Waals surface area (Å²) in [6.07, 6.45) is 8.68. The summed E-state index contributed by atoms with van der Waals surface area (Å²) in [7, 11) is 1.64. The summed E-state index contributed by atoms with van der Waals surface area (Å²) in [4.78, 5) is 22.2. The van der Waals surface area contributed by atoms with Crippen molar-refractivity contribution in [1.82, 2.24) is 9.88 Å². The normalized spacial score (nSPS) is 25.0. The standard InChI is InChI=1S/C37H45N3O4/c1-24-9-7-12-30(32-13-8-14-34(38-32)40-20-28-19-37(28,36(41)42)33(40)23-43-3)35(24)44-22-26-17-25(2)31-21-39(16-15-27(31)18-26)29-10-5-4-6-11-29/h7-9,12-14,17-18,28-29,33H,4-6,10-11,15-16,19-23H2,1-3H3,(H,41,42)/t28-,33+,37+/m0/s1. The lowest BCUT2D eigenvalue weighted by molar-refractivity contribution is -0.144. The molecular formula is C37H45N3O4. The molecule has 7 nitrogen and oxygen atoms in total. The number of aliphatic carboxylic acids is 1. The van der Waals surface area contributed by atoms with Crippen molar-refractivity contribution < 1.29 is 19.4 Å². The van der Waals surface area contributed by atoms with E-state index in [4.69, 9.17) is 14.5 Å². The summed E-state index contributed by atoms with van der Waals surface area (Å²) in [5, 5.41) is 10.1. The van der Waals surface area contributed by atoms with Crippen LogP contribution in [0.1, 0.15) is 66.3 Å². The number of pyridine rings is 1. The number of rotatable bonds is 9. The third-order valence-corrected chi connectivity index (χ3v) is 10.9. The molecule has 2 aliphatic carbocycles. The summed E-state index contributed by atoms with van der Waals surface area (Å²) in [6, 6.07) is 17.4. The molecule has 3 fully saturated rings. The van der Waals surface area contributed by atoms with Crippen LogP contribution < -0.4 is 9.64 Å². The van der Waals surface area contributed by atoms with Crippen LogP contribution in [0.25, 0.3) is 11.3 Å². The number of ether oxygens (including phenoxy) is 2. The number of aryl methyl sites for hydroxylation is 2. The van der Waals surface area contributed by atoms with Crippen LogP contribution in [0.3, 0.4) is 0 Å². The lowest BCUT2D eigenvalue weighted by Crippen LogP contribution is -2.43. The molecule has 0 radical (unpaired) electrons. The fourth-order valence-corrected chi connectivity index (χ4v) is 8.42. The molecule has 2 aliphatic heterocycles. The first-order valence-electron chi connectivity index (χ1n) is 16.4. The second-order valence-electron chi connectivity index (χ2n) is 13.6. The largest absolute Gasteiger partial charge is 0.488 e. The van der Waals surface area contributed by atoms with Crippen LogP contribution in [0.5, 0.6) is 5.75 Å². The average Bonchev–Trinajstić information content (AvgIpc) is 3.69. The van der Waals surface area contributed by atoms with Crippen molar-refractivity contribution in [3.05, 3.63) is 76.3 Å². The van der Waals surface area contributed by atoms with Crippen LogP contribution in [0, 0.1) is 25.2 Å². The maximum atomic E-state index is 12.2. The van der Waals surface area contributed by atoms with Gasteiger partial charge in [0.15, 0.2) is 0 Å². The van der Waals surface area contributed by atoms with Gasteiger partial charge < -0.3 is 19.5 Å². The molecule has 1 aromatic heterocycles. The van der Waals surface area contributed by atoms with Gasteiger partial charge in [0.25, 0.3) is 0 Å². The van der Waals surface area contributed by atoms with E-state index in [9.17, 15) is 9.90 Å². The molecule has 232 valence electrons. The van der Waals surface area contributed by atoms with Crippen molar-refractivity contribution in [2.75, 3.05) is 31.7 Å². The SMILES string of the molecule is COC[C@H]1N(c2cccc(-c3cccc(C)c3OCc3cc(C)c4c(c3)CCN(C3CCCCC3)C4)n2)C[C@@H]2C[C@@]21C(=O)O. The Balaban J connectivity index is 1.10. The highest BCUT2D eigenvalue weighted by Crippen LogP contribution is 2.62. The Bertz CT molecular complexity index is 1550. The molecule has 3 atom stereocenters. The van der Waals surface area contributed by atoms with Crippen molar-refractivity contribution >= 4 is 11.8 Å². The van der Waals surface area contributed by atoms with E-state index in [1.807, 2.05) is 24.3 Å². The minimum absolute atomic E-state index is 0.138. The third kappa shape index (κ3) is 5.18. The topological polar surface area (TPSA) is 75.1 Å². The van der Waals surface area contributed by atoms with Gasteiger partial charge in [0.05, 0.1) is 23.8 Å². The van der Waals surface area contributed by atoms with E-state index in [-0.39, 0.29) is 12.0 Å². The zero-order valence-electron chi connectivity index (χ0n) is 26.3. The van der Waals surface area contributed by atoms with Crippen molar-refractivity contribution in [3.8, 4) is 17.0 Å². The first kappa shape index (κ1) is 29.3. The molecule has 4 aliphatic rings. The molecule has 3 aromatic rings. The van der Waals surface area contributed by atoms with Crippen LogP contribution in [0.4, 0.5) is 5.82 Å². The maximum absolute atomic E-state index is 12.2. The van der Waals surface area contributed by atoms with Crippen LogP contribution in [0.15, 0.2) is 48.5 Å². The van der Waals surface area contributed by atoms with E-state index in [0.29, 0.717) is 26.2 Å². The number of para-hydroxylation sites is 1. The van der Waals surface area contributed by atoms with Gasteiger partial charge in [-0.2, -0.15) is 0 Å². The average molecular weight is 596 g/mol. The number of carboxylic acids is 1. The summed E-state index contributed by atoms with van der Waals surface area (Å²) < 4.78 is 12.1. The minimum Gasteiger partial charge on any atom is -0.488 e. The number of carbonyl (C=O) groups is 1. The van der Waals surface area contributed by atoms with Crippen LogP contribution in [-0.4, -0.2) is 59.8 Å². The summed E-state index contributed by atoms with van der Waals surface area (Å²) in [5.74, 6) is 1.04. The van der Waals surface area contributed by atoms with Gasteiger partial charge in [-0.15, -0.1) is 0 Å². The molecule has 0 bridgehead atoms. The number of carboxylic acid groups (broad SMARTS) is 1. The van der Waals surface area contributed by atoms with Crippen LogP contribution >= 0.6 is 0 Å². The highest BCUT2D eigenvalue weighted by atomic mass is 16.5. The van der Waals surface area contributed by atoms with E-state index in [1.54, 1.807) is 7.11 Å². The molecule has 2 saturated carbocycles. The molecule has 1 N–H and O–H groups in total. The Kier molecular flexibility index (Phi) is 7.87. The maximum Gasteiger partial charge on any atom is 0.312 e. The van der Waals surface area contributed by atoms with Gasteiger partial charge in [-0.1, -0.05) is 49.6 Å². The van der Waals surface area contributed by atoms with E-state index < -0.39 is 11.4 Å². The van der Waals surface area contributed by atoms with E-state index in [1.165, 1.54) is 54.4 Å². The Hall–Kier alpha value is -3.42. The number of piperidine rings is 1. The van der Waals surface area contributed by atoms with Gasteiger partial charge in [0.2, 0.25) is 0 Å². The highest BCUT2D eigenvalue weighted by molar-refractivity contribution is 5.82. The van der Waals surface area contributed by atoms with Crippen molar-refractivity contribution in [2.45, 2.75) is 84.0 Å². The predicted octanol–water partition coefficient (Wildman–Crippen LogP) is 6.56. The molecule has 2 aromatic carbocycles. The molecule has 3 heterocycles. The van der Waals surface area contributed by atoms with Crippen LogP contribution in [-0.2, 0) is 29.1 Å². The lowest BCUT2D eigenvalue weighted by atomic mass is 9.89. The molecular weight excluding hydrogens is 550 g/mol. The number of hydrogen-bond acceptors (Lipinski definition) is 6. The third-order valence-electron chi connectivity index (χ3n) is 10.9. The number of hydrogen-bond donors (Lipinski definition) is 1. The van der Waals surface area contributed by atoms with Gasteiger partial charge in [0, 0.05) is 38.3 Å². The minimum atomic E-state index is -0.730. The van der Waals surface area contributed by atoms with E-state index >= 15 is 0 Å². The fraction of sp³-hybridized carbons (Fsp3) is 0.514. The molecule has 0 unspecified atom stereocenters. The number of aromatic nitrogens is 1. The second kappa shape index (κ2) is 11.8. The zero-order valence-corrected chi connectivity index (χ0v) is 26.3. The first-order chi connectivity index (χ1) is 21.4. The van der Waals surface area contributed by atoms with Gasteiger partial charge in [0.1, 0.15) is 18.2 Å². The highest BCUT2D eigenvalue weighted by Gasteiger charge is 2.71. The van der Waals surface area contributed by atoms with E-state index in [0.717, 1.165) is 53.9 Å². The number of nitrogens with zero attached hydrogens (tertiary/aromatic N) is 3. The number of fused-ring (bicyclic) bond motifs is 2. The number of anilines is 1. The monoisotopic (exact) mass is 595 g/mol. The van der Waals surface area contributed by atoms with Gasteiger partial charge in [-0.05, 0) is 91.5 Å². The number of benzene rings is 2. The summed E-state index contributed by atoms with van der Waals surface area (Å²) in [6.45, 7) is 8.13. The lowest BCUT2D eigenvalue weighted by Gasteiger charge is -2.38. The Morgan fingerprint density at radius 3 is 2.68 bits per heavy atom. The molecule has 44 heavy (non-hydrogen) atoms. The molecule has 7 rings (SSSR count). The van der Waals surface area contributed by atoms with Gasteiger partial charge in [-0.25, -0.2) is 4.98 Å². The Morgan fingerprint density at radius 1 is 1.07 bits per heavy atom. The Morgan fingerprint density at radius 2 is 1.89 bits per heavy atom. The van der Waals surface area contributed by atoms with Crippen molar-refractivity contribution in [2.24, 2.45) is 11.3 Å². The molecule has 0 amide bonds. The van der Waals surface area contributed by atoms with Crippen molar-refractivity contribution in [1.29, 1.82) is 0 Å². The van der Waals surface area contributed by atoms with Gasteiger partial charge in [-0.3, -0.25) is 9.69 Å². The smallest absolute Gasteiger partial charge is 0.312 e. The van der Waals surface area contributed by atoms with E-state index in [2.05, 4.69) is 47.9 Å². The number of methoxy groups -OCH3 is 1. The van der Waals surface area contributed by atoms with Crippen molar-refractivity contribution in [3.63, 3.8) is 0 Å². The predicted molar refractivity (Wildman–Crippen MR) is 172 cm³/mol. The molecule has 1 saturated heterocycles.